The first-order valence-electron chi connectivity index (χ1n) is 16.9. The predicted molar refractivity (Wildman–Crippen MR) is 187 cm³/mol. The number of nitrogens with zero attached hydrogens (tertiary/aromatic N) is 1. The second-order valence-corrected chi connectivity index (χ2v) is 14.0. The van der Waals surface area contributed by atoms with E-state index in [4.69, 9.17) is 0 Å². The molecule has 328 valence electrons. The number of hydrogen-bond acceptors (Lipinski definition) is 0. The maximum Gasteiger partial charge on any atom is 0.212 e. The zero-order valence-corrected chi connectivity index (χ0v) is 31.6. The van der Waals surface area contributed by atoms with Gasteiger partial charge >= 0.3 is 0 Å². The van der Waals surface area contributed by atoms with Crippen molar-refractivity contribution in [2.45, 2.75) is 6.54 Å². The van der Waals surface area contributed by atoms with Crippen LogP contribution in [0.15, 0.2) is 71.3 Å². The van der Waals surface area contributed by atoms with Crippen LogP contribution in [-0.2, 0) is 6.54 Å². The third-order valence-electron chi connectivity index (χ3n) is 9.76. The Bertz CT molecular complexity index is 2610. The Hall–Kier alpha value is -6.13. The molecule has 6 aromatic carbocycles. The maximum absolute atomic E-state index is 15.4. The zero-order valence-electron chi connectivity index (χ0n) is 30.0. The minimum absolute atomic E-state index is 0.897. The lowest BCUT2D eigenvalue weighted by Gasteiger charge is -2.44. The minimum Gasteiger partial charge on any atom is -0.207 e. The van der Waals surface area contributed by atoms with Gasteiger partial charge in [0.05, 0.1) is 0 Å². The standard InChI is InChI=1S/C24BF20.C16H13BrN/c26-5-1(6(27)14(35)21(42)13(5)34)25(2-7(28)15(36)22(43)16(37)8(2)29,3-9(30)17(38)23(44)18(39)10(3)31)4-11(32)19(40)24(45)20(41)12(4)33;17-15-9-7-13(8-10-15)12-18-11-3-5-14-4-1-2-6-16(14)18/h;1-11H,12H2/q-1;+1. The molecular weight excluding hydrogens is 965 g/mol. The lowest BCUT2D eigenvalue weighted by molar-refractivity contribution is -0.662. The number of fused-ring (bicyclic) bond motifs is 1. The molecule has 0 aliphatic carbocycles. The number of pyridine rings is 1. The van der Waals surface area contributed by atoms with Crippen LogP contribution in [-0.4, -0.2) is 6.15 Å². The molecular formula is C40H13BBrF20N. The first kappa shape index (κ1) is 46.4. The van der Waals surface area contributed by atoms with Gasteiger partial charge in [-0.2, -0.15) is 4.57 Å². The van der Waals surface area contributed by atoms with Gasteiger partial charge in [-0.05, 0) is 24.3 Å². The molecule has 0 unspecified atom stereocenters. The van der Waals surface area contributed by atoms with E-state index in [0.717, 1.165) is 11.0 Å². The summed E-state index contributed by atoms with van der Waals surface area (Å²) in [5.74, 6) is -71.4. The molecule has 0 spiro atoms. The van der Waals surface area contributed by atoms with Crippen LogP contribution in [0.25, 0.3) is 10.9 Å². The van der Waals surface area contributed by atoms with E-state index in [-0.39, 0.29) is 0 Å². The molecule has 0 aliphatic heterocycles. The van der Waals surface area contributed by atoms with Crippen molar-refractivity contribution in [1.82, 2.24) is 0 Å². The molecule has 0 radical (unpaired) electrons. The molecule has 7 rings (SSSR count). The largest absolute Gasteiger partial charge is 0.212 e. The Morgan fingerprint density at radius 2 is 0.603 bits per heavy atom. The Morgan fingerprint density at radius 1 is 0.333 bits per heavy atom. The first-order chi connectivity index (χ1) is 29.5. The predicted octanol–water partition coefficient (Wildman–Crippen LogP) is 9.78. The van der Waals surface area contributed by atoms with Gasteiger partial charge in [-0.15, -0.1) is 21.9 Å². The van der Waals surface area contributed by atoms with Crippen LogP contribution in [0.4, 0.5) is 87.8 Å². The van der Waals surface area contributed by atoms with E-state index in [2.05, 4.69) is 87.4 Å². The molecule has 0 amide bonds. The lowest BCUT2D eigenvalue weighted by Crippen LogP contribution is -2.81. The summed E-state index contributed by atoms with van der Waals surface area (Å²) in [6.45, 7) is 0.897. The van der Waals surface area contributed by atoms with Crippen LogP contribution in [0.5, 0.6) is 0 Å². The molecule has 0 fully saturated rings. The van der Waals surface area contributed by atoms with E-state index in [1.54, 1.807) is 0 Å². The van der Waals surface area contributed by atoms with Crippen LogP contribution in [0.3, 0.4) is 0 Å². The molecule has 0 saturated carbocycles. The number of rotatable bonds is 6. The van der Waals surface area contributed by atoms with Crippen LogP contribution >= 0.6 is 15.9 Å². The van der Waals surface area contributed by atoms with Crippen LogP contribution < -0.4 is 26.4 Å². The molecule has 0 aliphatic rings. The fraction of sp³-hybridized carbons (Fsp3) is 0.0250. The zero-order chi connectivity index (χ0) is 46.7. The fourth-order valence-electron chi connectivity index (χ4n) is 7.02. The molecule has 0 atom stereocenters. The second-order valence-electron chi connectivity index (χ2n) is 13.1. The van der Waals surface area contributed by atoms with Crippen LogP contribution in [0.2, 0.25) is 0 Å². The third-order valence-corrected chi connectivity index (χ3v) is 10.3. The van der Waals surface area contributed by atoms with Crippen molar-refractivity contribution in [2.75, 3.05) is 0 Å². The maximum atomic E-state index is 15.4. The highest BCUT2D eigenvalue weighted by Crippen LogP contribution is 2.31. The van der Waals surface area contributed by atoms with Crippen molar-refractivity contribution in [2.24, 2.45) is 0 Å². The van der Waals surface area contributed by atoms with E-state index < -0.39 is 144 Å². The Kier molecular flexibility index (Phi) is 12.7. The van der Waals surface area contributed by atoms with Gasteiger partial charge in [0.2, 0.25) is 5.52 Å². The second kappa shape index (κ2) is 17.2. The van der Waals surface area contributed by atoms with E-state index in [0.29, 0.717) is 0 Å². The third kappa shape index (κ3) is 7.32. The summed E-state index contributed by atoms with van der Waals surface area (Å²) < 4.78 is 297. The highest BCUT2D eigenvalue weighted by atomic mass is 79.9. The summed E-state index contributed by atoms with van der Waals surface area (Å²) in [7, 11) is 0. The summed E-state index contributed by atoms with van der Waals surface area (Å²) in [5, 5.41) is 1.28. The molecule has 7 aromatic rings. The summed E-state index contributed by atoms with van der Waals surface area (Å²) in [4.78, 5) is 0. The average molecular weight is 978 g/mol. The summed E-state index contributed by atoms with van der Waals surface area (Å²) >= 11 is 3.46. The Balaban J connectivity index is 0.000000302. The van der Waals surface area contributed by atoms with Crippen molar-refractivity contribution in [1.29, 1.82) is 0 Å². The monoisotopic (exact) mass is 977 g/mol. The molecule has 1 nitrogen and oxygen atoms in total. The van der Waals surface area contributed by atoms with Gasteiger partial charge in [-0.25, -0.2) is 87.8 Å². The number of para-hydroxylation sites is 1. The van der Waals surface area contributed by atoms with Gasteiger partial charge in [-0.1, -0.05) is 40.2 Å². The van der Waals surface area contributed by atoms with E-state index in [1.807, 2.05) is 0 Å². The quantitative estimate of drug-likeness (QED) is 0.0514. The summed E-state index contributed by atoms with van der Waals surface area (Å²) in [6.07, 6.45) is -5.09. The number of benzene rings is 6. The fourth-order valence-corrected chi connectivity index (χ4v) is 7.28. The van der Waals surface area contributed by atoms with Gasteiger partial charge in [-0.3, -0.25) is 0 Å². The molecule has 1 heterocycles. The Morgan fingerprint density at radius 3 is 0.921 bits per heavy atom. The normalized spacial score (nSPS) is 11.6. The SMILES string of the molecule is Brc1ccc(C[n+]2cccc3ccccc32)cc1.Fc1c(F)c(F)c([B-](c2c(F)c(F)c(F)c(F)c2F)(c2c(F)c(F)c(F)c(F)c2F)c2c(F)c(F)c(F)c(F)c2F)c(F)c1F. The Labute approximate surface area is 346 Å². The van der Waals surface area contributed by atoms with E-state index in [1.165, 1.54) is 16.5 Å². The number of halogens is 21. The van der Waals surface area contributed by atoms with Gasteiger partial charge < -0.3 is 0 Å². The molecule has 63 heavy (non-hydrogen) atoms. The topological polar surface area (TPSA) is 3.88 Å². The highest BCUT2D eigenvalue weighted by Gasteiger charge is 2.52. The molecule has 0 saturated heterocycles. The van der Waals surface area contributed by atoms with Crippen molar-refractivity contribution in [3.05, 3.63) is 193 Å². The van der Waals surface area contributed by atoms with Crippen LogP contribution in [0, 0.1) is 116 Å². The number of aromatic nitrogens is 1. The molecule has 1 aromatic heterocycles. The van der Waals surface area contributed by atoms with Gasteiger partial charge in [0.25, 0.3) is 0 Å². The number of hydrogen-bond donors (Lipinski definition) is 0. The van der Waals surface area contributed by atoms with E-state index >= 15 is 35.1 Å². The van der Waals surface area contributed by atoms with Crippen molar-refractivity contribution in [3.8, 4) is 0 Å². The van der Waals surface area contributed by atoms with Crippen molar-refractivity contribution in [3.63, 3.8) is 0 Å². The summed E-state index contributed by atoms with van der Waals surface area (Å²) in [5.41, 5.74) is -11.8. The minimum atomic E-state index is -7.22. The van der Waals surface area contributed by atoms with Gasteiger partial charge in [0.15, 0.2) is 82.5 Å². The van der Waals surface area contributed by atoms with Gasteiger partial charge in [0, 0.05) is 27.6 Å². The molecule has 0 bridgehead atoms. The molecule has 0 N–H and O–H groups in total. The smallest absolute Gasteiger partial charge is 0.207 e. The van der Waals surface area contributed by atoms with Crippen molar-refractivity contribution >= 4 is 54.8 Å². The lowest BCUT2D eigenvalue weighted by atomic mass is 9.12. The van der Waals surface area contributed by atoms with Crippen LogP contribution in [0.1, 0.15) is 5.56 Å². The van der Waals surface area contributed by atoms with Crippen molar-refractivity contribution < 1.29 is 92.4 Å². The molecule has 23 heteroatoms. The van der Waals surface area contributed by atoms with Gasteiger partial charge in [0.1, 0.15) is 52.7 Å². The first-order valence-corrected chi connectivity index (χ1v) is 17.7. The highest BCUT2D eigenvalue weighted by molar-refractivity contribution is 9.10. The average Bonchev–Trinajstić information content (AvgIpc) is 3.27. The van der Waals surface area contributed by atoms with E-state index in [9.17, 15) is 52.7 Å². The summed E-state index contributed by atoms with van der Waals surface area (Å²) in [6, 6.07) is 21.2.